The number of benzene rings is 2. The summed E-state index contributed by atoms with van der Waals surface area (Å²) in [6, 6.07) is 21.7. The van der Waals surface area contributed by atoms with Crippen LogP contribution in [-0.2, 0) is 13.3 Å². The maximum absolute atomic E-state index is 5.55. The van der Waals surface area contributed by atoms with Gasteiger partial charge >= 0.3 is 8.80 Å². The smallest absolute Gasteiger partial charge is 0.377 e. The highest BCUT2D eigenvalue weighted by atomic mass is 32.2. The molecule has 0 radical (unpaired) electrons. The summed E-state index contributed by atoms with van der Waals surface area (Å²) in [5.74, 6) is 2.98. The highest BCUT2D eigenvalue weighted by Gasteiger charge is 2.36. The summed E-state index contributed by atoms with van der Waals surface area (Å²) in [6.45, 7) is 3.55. The normalized spacial score (nSPS) is 13.3. The first kappa shape index (κ1) is 37.0. The molecule has 236 valence electrons. The van der Waals surface area contributed by atoms with Crippen LogP contribution >= 0.6 is 11.8 Å². The second kappa shape index (κ2) is 25.1. The summed E-state index contributed by atoms with van der Waals surface area (Å²) in [6.07, 6.45) is 23.7. The Morgan fingerprint density at radius 2 is 1.19 bits per heavy atom. The summed E-state index contributed by atoms with van der Waals surface area (Å²) in [7, 11) is 2.62. The molecule has 0 amide bonds. The fraction of sp³-hybridized carbons (Fsp3) is 0.444. The van der Waals surface area contributed by atoms with Crippen molar-refractivity contribution >= 4 is 32.7 Å². The van der Waals surface area contributed by atoms with Crippen molar-refractivity contribution in [2.45, 2.75) is 38.1 Å². The van der Waals surface area contributed by atoms with Crippen molar-refractivity contribution in [1.82, 2.24) is 10.6 Å². The van der Waals surface area contributed by atoms with E-state index in [1.807, 2.05) is 23.9 Å². The van der Waals surface area contributed by atoms with E-state index in [1.165, 1.54) is 29.7 Å². The van der Waals surface area contributed by atoms with E-state index in [9.17, 15) is 0 Å². The molecular weight excluding hydrogens is 569 g/mol. The van der Waals surface area contributed by atoms with Gasteiger partial charge in [0.05, 0.1) is 0 Å². The van der Waals surface area contributed by atoms with Crippen LogP contribution in [0.5, 0.6) is 0 Å². The summed E-state index contributed by atoms with van der Waals surface area (Å²) < 4.78 is 16.7. The molecule has 43 heavy (non-hydrogen) atoms. The third kappa shape index (κ3) is 18.2. The summed E-state index contributed by atoms with van der Waals surface area (Å²) in [4.78, 5) is 0. The summed E-state index contributed by atoms with van der Waals surface area (Å²) in [5.41, 5.74) is 2.48. The van der Waals surface area contributed by atoms with Gasteiger partial charge in [-0.3, -0.25) is 0 Å². The Morgan fingerprint density at radius 3 is 1.74 bits per heavy atom. The maximum Gasteiger partial charge on any atom is 0.500 e. The van der Waals surface area contributed by atoms with E-state index in [4.69, 9.17) is 13.3 Å². The highest BCUT2D eigenvalue weighted by Crippen LogP contribution is 2.22. The van der Waals surface area contributed by atoms with Crippen molar-refractivity contribution in [1.29, 1.82) is 0 Å². The minimum Gasteiger partial charge on any atom is -0.377 e. The minimum atomic E-state index is -2.45. The molecule has 5 nitrogen and oxygen atoms in total. The lowest BCUT2D eigenvalue weighted by Crippen LogP contribution is -2.42. The molecule has 0 aliphatic heterocycles. The van der Waals surface area contributed by atoms with Gasteiger partial charge in [-0.05, 0) is 60.7 Å². The first-order valence-corrected chi connectivity index (χ1v) is 18.7. The van der Waals surface area contributed by atoms with Crippen LogP contribution in [0.25, 0.3) is 12.2 Å². The van der Waals surface area contributed by atoms with Gasteiger partial charge in [-0.1, -0.05) is 109 Å². The predicted octanol–water partition coefficient (Wildman–Crippen LogP) is 7.88. The van der Waals surface area contributed by atoms with Crippen molar-refractivity contribution in [2.24, 2.45) is 5.92 Å². The molecule has 0 saturated carbocycles. The van der Waals surface area contributed by atoms with Crippen LogP contribution < -0.4 is 10.6 Å². The van der Waals surface area contributed by atoms with E-state index in [0.717, 1.165) is 57.2 Å². The number of nitrogens with one attached hydrogen (secondary N) is 2. The van der Waals surface area contributed by atoms with E-state index in [-0.39, 0.29) is 0 Å². The van der Waals surface area contributed by atoms with Crippen LogP contribution in [0.1, 0.15) is 43.2 Å². The SMILES string of the molecule is CO[Si](CCCSCCC(C/C=C/CNC/C=C/c1ccccc1)CC/C=C/CNC/C=C/c1ccccc1)(OC)OC. The van der Waals surface area contributed by atoms with Crippen molar-refractivity contribution in [3.05, 3.63) is 108 Å². The minimum absolute atomic E-state index is 0.693. The largest absolute Gasteiger partial charge is 0.500 e. The number of hydrogen-bond donors (Lipinski definition) is 2. The molecule has 2 aromatic rings. The Labute approximate surface area is 267 Å². The number of rotatable bonds is 25. The number of thioether (sulfide) groups is 1. The van der Waals surface area contributed by atoms with Crippen LogP contribution in [0.15, 0.2) is 97.1 Å². The molecule has 0 saturated heterocycles. The van der Waals surface area contributed by atoms with Crippen LogP contribution in [0, 0.1) is 5.92 Å². The quantitative estimate of drug-likeness (QED) is 0.0668. The van der Waals surface area contributed by atoms with Crippen LogP contribution in [0.3, 0.4) is 0 Å². The van der Waals surface area contributed by atoms with Gasteiger partial charge in [-0.25, -0.2) is 0 Å². The van der Waals surface area contributed by atoms with Crippen LogP contribution in [0.2, 0.25) is 6.04 Å². The molecule has 0 fully saturated rings. The molecular formula is C36H54N2O3SSi. The molecule has 0 aliphatic carbocycles. The monoisotopic (exact) mass is 622 g/mol. The topological polar surface area (TPSA) is 51.8 Å². The average molecular weight is 623 g/mol. The van der Waals surface area contributed by atoms with E-state index in [2.05, 4.69) is 108 Å². The Bertz CT molecular complexity index is 1030. The lowest BCUT2D eigenvalue weighted by atomic mass is 9.96. The molecule has 0 spiro atoms. The Morgan fingerprint density at radius 1 is 0.651 bits per heavy atom. The van der Waals surface area contributed by atoms with Gasteiger partial charge in [0.1, 0.15) is 0 Å². The summed E-state index contributed by atoms with van der Waals surface area (Å²) in [5, 5.41) is 6.95. The van der Waals surface area contributed by atoms with Crippen molar-refractivity contribution in [3.8, 4) is 0 Å². The van der Waals surface area contributed by atoms with Gasteiger partial charge in [-0.2, -0.15) is 11.8 Å². The zero-order valence-corrected chi connectivity index (χ0v) is 28.4. The van der Waals surface area contributed by atoms with Gasteiger partial charge in [0.25, 0.3) is 0 Å². The van der Waals surface area contributed by atoms with Gasteiger partial charge < -0.3 is 23.9 Å². The van der Waals surface area contributed by atoms with Crippen LogP contribution in [-0.4, -0.2) is 67.8 Å². The van der Waals surface area contributed by atoms with Gasteiger partial charge in [0.2, 0.25) is 0 Å². The number of hydrogen-bond acceptors (Lipinski definition) is 6. The fourth-order valence-corrected chi connectivity index (χ4v) is 7.63. The average Bonchev–Trinajstić information content (AvgIpc) is 3.05. The van der Waals surface area contributed by atoms with E-state index < -0.39 is 8.80 Å². The zero-order chi connectivity index (χ0) is 30.7. The molecule has 0 aliphatic rings. The van der Waals surface area contributed by atoms with Gasteiger partial charge in [0, 0.05) is 53.6 Å². The first-order valence-electron chi connectivity index (χ1n) is 15.6. The second-order valence-electron chi connectivity index (χ2n) is 10.4. The molecule has 0 bridgehead atoms. The molecule has 2 N–H and O–H groups in total. The Hall–Kier alpha value is -2.23. The van der Waals surface area contributed by atoms with E-state index in [1.54, 1.807) is 21.3 Å². The molecule has 1 unspecified atom stereocenters. The van der Waals surface area contributed by atoms with Crippen LogP contribution in [0.4, 0.5) is 0 Å². The lowest BCUT2D eigenvalue weighted by molar-refractivity contribution is 0.123. The molecule has 2 rings (SSSR count). The van der Waals surface area contributed by atoms with Gasteiger partial charge in [0.15, 0.2) is 0 Å². The molecule has 0 heterocycles. The standard InChI is InChI=1S/C36H54N2O3SSi/c1-39-43(40-2,41-3)33-17-31-42-32-26-36(23-12-14-28-38-30-16-25-35-20-9-5-10-21-35)22-11-6-13-27-37-29-15-24-34-18-7-4-8-19-34/h4-10,12-16,18-21,24-25,36-38H,11,17,22-23,26-33H2,1-3H3/b13-6+,14-12+,24-15+,25-16+. The zero-order valence-electron chi connectivity index (χ0n) is 26.6. The van der Waals surface area contributed by atoms with E-state index in [0.29, 0.717) is 5.92 Å². The second-order valence-corrected chi connectivity index (χ2v) is 14.7. The Balaban J connectivity index is 1.67. The number of allylic oxidation sites excluding steroid dienone is 2. The summed E-state index contributed by atoms with van der Waals surface area (Å²) >= 11 is 2.03. The van der Waals surface area contributed by atoms with E-state index >= 15 is 0 Å². The van der Waals surface area contributed by atoms with Gasteiger partial charge in [-0.15, -0.1) is 0 Å². The molecule has 1 atom stereocenters. The lowest BCUT2D eigenvalue weighted by Gasteiger charge is -2.24. The maximum atomic E-state index is 5.55. The Kier molecular flexibility index (Phi) is 21.6. The molecule has 7 heteroatoms. The first-order chi connectivity index (χ1) is 21.2. The fourth-order valence-electron chi connectivity index (χ4n) is 4.60. The van der Waals surface area contributed by atoms with Crippen molar-refractivity contribution in [2.75, 3.05) is 59.0 Å². The van der Waals surface area contributed by atoms with Crippen molar-refractivity contribution in [3.63, 3.8) is 0 Å². The third-order valence-electron chi connectivity index (χ3n) is 7.19. The predicted molar refractivity (Wildman–Crippen MR) is 190 cm³/mol. The molecule has 2 aromatic carbocycles. The van der Waals surface area contributed by atoms with Crippen molar-refractivity contribution < 1.29 is 13.3 Å². The molecule has 0 aromatic heterocycles. The third-order valence-corrected chi connectivity index (χ3v) is 11.1. The highest BCUT2D eigenvalue weighted by molar-refractivity contribution is 7.99.